The molecule has 0 aliphatic carbocycles. The van der Waals surface area contributed by atoms with E-state index in [1.54, 1.807) is 6.92 Å². The van der Waals surface area contributed by atoms with Crippen LogP contribution in [0, 0.1) is 6.42 Å². The van der Waals surface area contributed by atoms with Gasteiger partial charge in [0.15, 0.2) is 5.97 Å². The molecule has 0 amide bonds. The Hall–Kier alpha value is 0.340. The van der Waals surface area contributed by atoms with Crippen LogP contribution in [0.15, 0.2) is 0 Å². The van der Waals surface area contributed by atoms with Gasteiger partial charge in [-0.2, -0.15) is 6.92 Å². The average Bonchev–Trinajstić information content (AvgIpc) is 1.62. The number of ether oxygens (including phenoxy) is 1. The van der Waals surface area contributed by atoms with Gasteiger partial charge in [-0.15, -0.1) is 0 Å². The zero-order valence-corrected chi connectivity index (χ0v) is 9.39. The molecule has 0 atom stereocenters. The van der Waals surface area contributed by atoms with E-state index in [9.17, 15) is 4.79 Å². The van der Waals surface area contributed by atoms with E-state index in [0.717, 1.165) is 0 Å². The Labute approximate surface area is 84.6 Å². The van der Waals surface area contributed by atoms with Crippen LogP contribution in [0.2, 0.25) is 0 Å². The normalized spacial score (nSPS) is 9.60. The second-order valence-corrected chi connectivity index (χ2v) is 2.82. The predicted molar refractivity (Wildman–Crippen MR) is 35.8 cm³/mol. The van der Waals surface area contributed by atoms with Gasteiger partial charge in [-0.3, -0.25) is 11.2 Å². The van der Waals surface area contributed by atoms with E-state index in [-0.39, 0.29) is 41.1 Å². The molecule has 0 N–H and O–H groups in total. The Bertz CT molecular complexity index is 105. The van der Waals surface area contributed by atoms with Crippen LogP contribution in [0.1, 0.15) is 27.7 Å². The fourth-order valence-electron chi connectivity index (χ4n) is 0.361. The van der Waals surface area contributed by atoms with Gasteiger partial charge in [0.1, 0.15) is 5.60 Å². The van der Waals surface area contributed by atoms with E-state index >= 15 is 0 Å². The van der Waals surface area contributed by atoms with E-state index in [4.69, 9.17) is 4.74 Å². The summed E-state index contributed by atoms with van der Waals surface area (Å²) >= 11 is 0. The first-order valence-corrected chi connectivity index (χ1v) is 2.98. The first kappa shape index (κ1) is 13.0. The van der Waals surface area contributed by atoms with Crippen molar-refractivity contribution in [2.24, 2.45) is 0 Å². The largest absolute Gasteiger partial charge is 1.00 e. The van der Waals surface area contributed by atoms with Crippen LogP contribution >= 0.6 is 0 Å². The maximum absolute atomic E-state index is 10.5. The van der Waals surface area contributed by atoms with Gasteiger partial charge < -0.3 is 4.74 Å². The molecular formula is C7H13NaO2. The standard InChI is InChI=1S/C7H13O2.Na/c1-5-6(8)9-7(2,3)4;/h5H,1-4H3;/q-1;+1. The van der Waals surface area contributed by atoms with Crippen LogP contribution in [-0.2, 0) is 9.53 Å². The van der Waals surface area contributed by atoms with Crippen LogP contribution < -0.4 is 29.6 Å². The summed E-state index contributed by atoms with van der Waals surface area (Å²) in [6.45, 7) is 7.19. The van der Waals surface area contributed by atoms with Crippen molar-refractivity contribution in [3.63, 3.8) is 0 Å². The summed E-state index contributed by atoms with van der Waals surface area (Å²) in [6.07, 6.45) is 1.41. The van der Waals surface area contributed by atoms with E-state index in [0.29, 0.717) is 0 Å². The minimum atomic E-state index is -0.358. The van der Waals surface area contributed by atoms with Crippen molar-refractivity contribution in [1.29, 1.82) is 0 Å². The number of rotatable bonds is 1. The molecule has 0 saturated heterocycles. The van der Waals surface area contributed by atoms with Crippen LogP contribution in [0.5, 0.6) is 0 Å². The fourth-order valence-corrected chi connectivity index (χ4v) is 0.361. The van der Waals surface area contributed by atoms with Crippen LogP contribution in [0.25, 0.3) is 0 Å². The molecule has 0 spiro atoms. The molecule has 0 aliphatic heterocycles. The summed E-state index contributed by atoms with van der Waals surface area (Å²) in [7, 11) is 0. The summed E-state index contributed by atoms with van der Waals surface area (Å²) in [6, 6.07) is 0. The molecule has 0 aliphatic rings. The van der Waals surface area contributed by atoms with Crippen molar-refractivity contribution in [2.75, 3.05) is 0 Å². The van der Waals surface area contributed by atoms with Gasteiger partial charge in [0.2, 0.25) is 0 Å². The number of hydrogen-bond donors (Lipinski definition) is 0. The third kappa shape index (κ3) is 8.34. The molecule has 2 nitrogen and oxygen atoms in total. The molecule has 0 rings (SSSR count). The summed E-state index contributed by atoms with van der Waals surface area (Å²) in [5.74, 6) is -0.262. The van der Waals surface area contributed by atoms with E-state index < -0.39 is 0 Å². The summed E-state index contributed by atoms with van der Waals surface area (Å²) < 4.78 is 4.89. The molecule has 0 radical (unpaired) electrons. The minimum Gasteiger partial charge on any atom is -0.483 e. The molecule has 0 aromatic carbocycles. The Morgan fingerprint density at radius 3 is 1.90 bits per heavy atom. The first-order valence-electron chi connectivity index (χ1n) is 2.98. The van der Waals surface area contributed by atoms with Crippen LogP contribution in [0.4, 0.5) is 0 Å². The predicted octanol–water partition coefficient (Wildman–Crippen LogP) is -1.44. The van der Waals surface area contributed by atoms with Gasteiger partial charge in [-0.1, -0.05) is 0 Å². The first-order chi connectivity index (χ1) is 3.95. The SMILES string of the molecule is C[CH-]C(=O)OC(C)(C)C.[Na+]. The summed E-state index contributed by atoms with van der Waals surface area (Å²) in [5.41, 5.74) is -0.358. The molecule has 0 unspecified atom stereocenters. The molecule has 10 heavy (non-hydrogen) atoms. The maximum atomic E-state index is 10.5. The fraction of sp³-hybridized carbons (Fsp3) is 0.714. The third-order valence-corrected chi connectivity index (χ3v) is 0.642. The van der Waals surface area contributed by atoms with Crippen molar-refractivity contribution < 1.29 is 39.1 Å². The molecule has 0 fully saturated rings. The van der Waals surface area contributed by atoms with Gasteiger partial charge in [-0.25, -0.2) is 0 Å². The zero-order chi connectivity index (χ0) is 7.49. The molecule has 0 bridgehead atoms. The van der Waals surface area contributed by atoms with Gasteiger partial charge in [0.05, 0.1) is 0 Å². The minimum absolute atomic E-state index is 0. The molecule has 54 valence electrons. The zero-order valence-electron chi connectivity index (χ0n) is 7.39. The molecule has 0 aromatic rings. The Morgan fingerprint density at radius 2 is 1.80 bits per heavy atom. The number of esters is 1. The Kier molecular flexibility index (Phi) is 6.55. The Morgan fingerprint density at radius 1 is 1.40 bits per heavy atom. The second kappa shape index (κ2) is 5.05. The quantitative estimate of drug-likeness (QED) is 0.261. The third-order valence-electron chi connectivity index (χ3n) is 0.642. The van der Waals surface area contributed by atoms with E-state index in [1.807, 2.05) is 20.8 Å². The number of carbonyl (C=O) groups is 1. The van der Waals surface area contributed by atoms with Crippen molar-refractivity contribution in [1.82, 2.24) is 0 Å². The molecule has 0 heterocycles. The monoisotopic (exact) mass is 152 g/mol. The van der Waals surface area contributed by atoms with Gasteiger partial charge in [0, 0.05) is 0 Å². The van der Waals surface area contributed by atoms with Gasteiger partial charge in [0.25, 0.3) is 0 Å². The molecular weight excluding hydrogens is 139 g/mol. The van der Waals surface area contributed by atoms with Crippen molar-refractivity contribution in [2.45, 2.75) is 33.3 Å². The maximum Gasteiger partial charge on any atom is 1.00 e. The smallest absolute Gasteiger partial charge is 0.483 e. The van der Waals surface area contributed by atoms with E-state index in [1.165, 1.54) is 6.42 Å². The second-order valence-electron chi connectivity index (χ2n) is 2.82. The van der Waals surface area contributed by atoms with Gasteiger partial charge in [-0.05, 0) is 20.8 Å². The number of carbonyl (C=O) groups excluding carboxylic acids is 1. The Balaban J connectivity index is 0. The van der Waals surface area contributed by atoms with Crippen molar-refractivity contribution >= 4 is 5.97 Å². The van der Waals surface area contributed by atoms with Crippen molar-refractivity contribution in [3.05, 3.63) is 6.42 Å². The van der Waals surface area contributed by atoms with Crippen LogP contribution in [-0.4, -0.2) is 11.6 Å². The summed E-state index contributed by atoms with van der Waals surface area (Å²) in [5, 5.41) is 0. The van der Waals surface area contributed by atoms with Gasteiger partial charge >= 0.3 is 29.6 Å². The molecule has 0 aromatic heterocycles. The van der Waals surface area contributed by atoms with Crippen LogP contribution in [0.3, 0.4) is 0 Å². The molecule has 3 heteroatoms. The average molecular weight is 152 g/mol. The van der Waals surface area contributed by atoms with E-state index in [2.05, 4.69) is 0 Å². The number of hydrogen-bond acceptors (Lipinski definition) is 2. The molecule has 0 saturated carbocycles. The topological polar surface area (TPSA) is 26.3 Å². The van der Waals surface area contributed by atoms with Crippen molar-refractivity contribution in [3.8, 4) is 0 Å². The summed E-state index contributed by atoms with van der Waals surface area (Å²) in [4.78, 5) is 10.5.